The summed E-state index contributed by atoms with van der Waals surface area (Å²) in [7, 11) is 0. The third-order valence-electron chi connectivity index (χ3n) is 16.7. The molecule has 1 heterocycles. The van der Waals surface area contributed by atoms with Crippen molar-refractivity contribution in [2.75, 3.05) is 6.61 Å². The van der Waals surface area contributed by atoms with Crippen molar-refractivity contribution in [1.82, 2.24) is 5.32 Å². The van der Waals surface area contributed by atoms with Crippen LogP contribution in [-0.2, 0) is 52.4 Å². The number of Topliss-reactive ketones (excluding diaryl/α,β-unsaturated/α-hetero) is 1. The lowest BCUT2D eigenvalue weighted by Crippen LogP contribution is -2.82. The number of rotatable bonds is 23. The first-order valence-corrected chi connectivity index (χ1v) is 27.5. The molecule has 0 radical (unpaired) electrons. The number of carbonyl (C=O) groups is 7. The molecule has 11 atom stereocenters. The van der Waals surface area contributed by atoms with Crippen molar-refractivity contribution in [3.05, 3.63) is 119 Å². The van der Waals surface area contributed by atoms with Crippen LogP contribution in [0.2, 0.25) is 0 Å². The largest absolute Gasteiger partial charge is 0.455 e. The number of nitrogens with one attached hydrogen (secondary N) is 1. The zero-order chi connectivity index (χ0) is 55.7. The Morgan fingerprint density at radius 1 is 0.740 bits per heavy atom. The molecule has 1 amide bonds. The topological polar surface area (TPSA) is 227 Å². The van der Waals surface area contributed by atoms with Gasteiger partial charge in [-0.15, -0.1) is 0 Å². The summed E-state index contributed by atoms with van der Waals surface area (Å²) in [5.74, 6) is -7.32. The number of hydrogen-bond donors (Lipinski definition) is 3. The molecule has 3 N–H and O–H groups in total. The fourth-order valence-corrected chi connectivity index (χ4v) is 12.3. The molecule has 16 nitrogen and oxygen atoms in total. The van der Waals surface area contributed by atoms with E-state index in [4.69, 9.17) is 28.4 Å². The van der Waals surface area contributed by atoms with E-state index in [-0.39, 0.29) is 48.1 Å². The van der Waals surface area contributed by atoms with Gasteiger partial charge in [-0.1, -0.05) is 146 Å². The van der Waals surface area contributed by atoms with E-state index in [0.717, 1.165) is 44.9 Å². The van der Waals surface area contributed by atoms with Crippen molar-refractivity contribution in [2.45, 2.75) is 192 Å². The maximum absolute atomic E-state index is 16.1. The highest BCUT2D eigenvalue weighted by molar-refractivity contribution is 5.96. The molecule has 0 aromatic heterocycles. The Bertz CT molecular complexity index is 2620. The van der Waals surface area contributed by atoms with Gasteiger partial charge in [0.25, 0.3) is 5.91 Å². The fraction of sp³-hybridized carbons (Fsp3) is 0.557. The summed E-state index contributed by atoms with van der Waals surface area (Å²) in [6.45, 7) is 11.2. The molecule has 0 unspecified atom stereocenters. The number of fused-ring (bicyclic) bond motifs is 5. The van der Waals surface area contributed by atoms with Crippen molar-refractivity contribution >= 4 is 41.5 Å². The molecular weight excluding hydrogens is 987 g/mol. The second kappa shape index (κ2) is 25.1. The van der Waals surface area contributed by atoms with Crippen LogP contribution in [0.4, 0.5) is 0 Å². The average Bonchev–Trinajstić information content (AvgIpc) is 3.57. The van der Waals surface area contributed by atoms with Crippen molar-refractivity contribution in [3.8, 4) is 0 Å². The molecule has 3 aromatic carbocycles. The SMILES string of the molecule is CCCCCCCC(=O)O[C@H]1C(=O)[C@@]2(C)[C@H]([C@H](OC(=O)c3ccccc3)[C@]3(O)C[C@H](OC(=O)[C@H](OC(=O)CCCCCCC)[C@@H](NC(=O)c4ccccc4)c4ccccc4)C(C)=C1C3(C)C)[C@]1(OC(C)=O)CO[C@@H]1C[C@@H]2O. The van der Waals surface area contributed by atoms with Crippen LogP contribution in [0.5, 0.6) is 0 Å². The van der Waals surface area contributed by atoms with Crippen LogP contribution in [0, 0.1) is 16.7 Å². The van der Waals surface area contributed by atoms with Gasteiger partial charge in [0.2, 0.25) is 6.10 Å². The number of carbonyl (C=O) groups excluding carboxylic acids is 7. The summed E-state index contributed by atoms with van der Waals surface area (Å²) < 4.78 is 37.8. The second-order valence-corrected chi connectivity index (χ2v) is 22.0. The first-order chi connectivity index (χ1) is 36.7. The summed E-state index contributed by atoms with van der Waals surface area (Å²) in [5.41, 5.74) is -7.12. The molecule has 1 aliphatic heterocycles. The first-order valence-electron chi connectivity index (χ1n) is 27.5. The molecule has 0 spiro atoms. The highest BCUT2D eigenvalue weighted by Crippen LogP contribution is 2.64. The van der Waals surface area contributed by atoms with Gasteiger partial charge in [0.1, 0.15) is 30.0 Å². The first kappa shape index (κ1) is 58.5. The van der Waals surface area contributed by atoms with Crippen LogP contribution in [0.3, 0.4) is 0 Å². The normalized spacial score (nSPS) is 27.9. The zero-order valence-electron chi connectivity index (χ0n) is 45.6. The molecule has 16 heteroatoms. The molecule has 4 aliphatic rings. The summed E-state index contributed by atoms with van der Waals surface area (Å²) >= 11 is 0. The Kier molecular flexibility index (Phi) is 19.0. The van der Waals surface area contributed by atoms with Gasteiger partial charge in [0.05, 0.1) is 29.6 Å². The molecule has 2 bridgehead atoms. The quantitative estimate of drug-likeness (QED) is 0.0348. The number of hydrogen-bond acceptors (Lipinski definition) is 15. The van der Waals surface area contributed by atoms with Crippen LogP contribution in [0.25, 0.3) is 0 Å². The summed E-state index contributed by atoms with van der Waals surface area (Å²) in [5, 5.41) is 29.5. The highest BCUT2D eigenvalue weighted by Gasteiger charge is 2.78. The van der Waals surface area contributed by atoms with E-state index in [1.165, 1.54) is 26.0 Å². The van der Waals surface area contributed by atoms with Gasteiger partial charge in [-0.2, -0.15) is 0 Å². The van der Waals surface area contributed by atoms with Gasteiger partial charge >= 0.3 is 29.8 Å². The van der Waals surface area contributed by atoms with E-state index in [0.29, 0.717) is 24.8 Å². The van der Waals surface area contributed by atoms with Crippen LogP contribution >= 0.6 is 0 Å². The van der Waals surface area contributed by atoms with E-state index in [1.54, 1.807) is 99.6 Å². The second-order valence-electron chi connectivity index (χ2n) is 22.0. The molecule has 416 valence electrons. The molecule has 2 saturated carbocycles. The molecule has 3 aliphatic carbocycles. The minimum absolute atomic E-state index is 0.0205. The Hall–Kier alpha value is -6.23. The fourth-order valence-electron chi connectivity index (χ4n) is 12.3. The number of ketones is 1. The van der Waals surface area contributed by atoms with Crippen LogP contribution in [0.15, 0.2) is 102 Å². The summed E-state index contributed by atoms with van der Waals surface area (Å²) in [6.07, 6.45) is -2.61. The Morgan fingerprint density at radius 3 is 1.86 bits per heavy atom. The molecule has 77 heavy (non-hydrogen) atoms. The Labute approximate surface area is 451 Å². The molecular formula is C61H77NO15. The van der Waals surface area contributed by atoms with E-state index in [9.17, 15) is 34.2 Å². The number of benzene rings is 3. The van der Waals surface area contributed by atoms with Gasteiger partial charge in [-0.3, -0.25) is 24.0 Å². The highest BCUT2D eigenvalue weighted by atomic mass is 16.6. The summed E-state index contributed by atoms with van der Waals surface area (Å²) in [4.78, 5) is 102. The number of aliphatic hydroxyl groups excluding tert-OH is 1. The van der Waals surface area contributed by atoms with Crippen molar-refractivity contribution in [2.24, 2.45) is 16.7 Å². The minimum atomic E-state index is -2.44. The third kappa shape index (κ3) is 12.1. The lowest BCUT2D eigenvalue weighted by Gasteiger charge is -2.67. The summed E-state index contributed by atoms with van der Waals surface area (Å²) in [6, 6.07) is 23.4. The van der Waals surface area contributed by atoms with Gasteiger partial charge in [-0.25, -0.2) is 9.59 Å². The number of unbranched alkanes of at least 4 members (excludes halogenated alkanes) is 8. The molecule has 7 rings (SSSR count). The monoisotopic (exact) mass is 1060 g/mol. The third-order valence-corrected chi connectivity index (χ3v) is 16.7. The van der Waals surface area contributed by atoms with Gasteiger partial charge in [0.15, 0.2) is 17.5 Å². The zero-order valence-corrected chi connectivity index (χ0v) is 45.6. The van der Waals surface area contributed by atoms with Crippen LogP contribution < -0.4 is 5.32 Å². The predicted molar refractivity (Wildman–Crippen MR) is 283 cm³/mol. The smallest absolute Gasteiger partial charge is 0.350 e. The molecule has 1 saturated heterocycles. The number of amides is 1. The maximum atomic E-state index is 16.1. The predicted octanol–water partition coefficient (Wildman–Crippen LogP) is 8.99. The Morgan fingerprint density at radius 2 is 1.30 bits per heavy atom. The van der Waals surface area contributed by atoms with Gasteiger partial charge < -0.3 is 44.0 Å². The lowest BCUT2D eigenvalue weighted by atomic mass is 9.44. The van der Waals surface area contributed by atoms with E-state index >= 15 is 9.59 Å². The lowest BCUT2D eigenvalue weighted by molar-refractivity contribution is -0.346. The number of aliphatic hydroxyl groups is 2. The van der Waals surface area contributed by atoms with Crippen LogP contribution in [-0.4, -0.2) is 106 Å². The maximum Gasteiger partial charge on any atom is 0.350 e. The average molecular weight is 1060 g/mol. The van der Waals surface area contributed by atoms with E-state index in [1.807, 2.05) is 0 Å². The minimum Gasteiger partial charge on any atom is -0.455 e. The van der Waals surface area contributed by atoms with Crippen molar-refractivity contribution < 1.29 is 72.2 Å². The van der Waals surface area contributed by atoms with Crippen molar-refractivity contribution in [3.63, 3.8) is 0 Å². The van der Waals surface area contributed by atoms with Crippen molar-refractivity contribution in [1.29, 1.82) is 0 Å². The Balaban J connectivity index is 1.41. The van der Waals surface area contributed by atoms with E-state index < -0.39 is 119 Å². The van der Waals surface area contributed by atoms with Gasteiger partial charge in [0, 0.05) is 43.6 Å². The van der Waals surface area contributed by atoms with Gasteiger partial charge in [-0.05, 0) is 67.7 Å². The molecule has 3 aromatic rings. The van der Waals surface area contributed by atoms with Crippen LogP contribution in [0.1, 0.15) is 171 Å². The van der Waals surface area contributed by atoms with E-state index in [2.05, 4.69) is 19.2 Å². The number of esters is 5. The molecule has 3 fully saturated rings. The number of ether oxygens (including phenoxy) is 6. The standard InChI is InChI=1S/C61H77NO15/c1-8-10-12-14-25-33-46(65)74-50-48-38(3)43(73-57(70)51(75-47(66)34-26-15-13-11-9-2)49(40-27-19-16-20-28-40)62-55(68)41-29-21-17-22-30-41)36-61(71,58(48,5)6)54(76-56(69)42-31-23-18-24-32-42)52-59(7,53(50)67)44(64)35-45-60(52,37-72-45)77-39(4)63/h16-24,27-32,43-45,49-52,54,64,71H,8-15,25-26,33-37H2,1-7H3,(H,62,68)/t43-,44-,45+,49-,50+,51+,52-,54-,59+,60-,61+/m0/s1.